The van der Waals surface area contributed by atoms with Gasteiger partial charge in [0.15, 0.2) is 0 Å². The minimum Gasteiger partial charge on any atom is -0.772 e. The molecule has 5 heteroatoms. The van der Waals surface area contributed by atoms with Crippen molar-refractivity contribution in [3.8, 4) is 6.07 Å². The largest absolute Gasteiger partial charge is 1.00 e. The Morgan fingerprint density at radius 2 is 2.08 bits per heavy atom. The number of nitrogens with zero attached hydrogens (tertiary/aromatic N) is 1. The van der Waals surface area contributed by atoms with Crippen LogP contribution in [0.3, 0.4) is 0 Å². The standard InChI is InChI=1S/C8H7NO2S.Na/c9-5-7-3-1-2-4-8(7)6-12(10)11;/h1-4H,6H2,(H,10,11);/q;+1/p-1. The molecular formula is C8H6NNaO2S. The zero-order chi connectivity index (χ0) is 8.97. The van der Waals surface area contributed by atoms with Gasteiger partial charge in [0.05, 0.1) is 11.6 Å². The molecule has 0 heterocycles. The summed E-state index contributed by atoms with van der Waals surface area (Å²) < 4.78 is 20.7. The molecule has 0 N–H and O–H groups in total. The molecule has 0 aromatic heterocycles. The van der Waals surface area contributed by atoms with Gasteiger partial charge in [-0.25, -0.2) is 0 Å². The topological polar surface area (TPSA) is 63.9 Å². The molecule has 0 radical (unpaired) electrons. The molecule has 62 valence electrons. The number of hydrogen-bond acceptors (Lipinski definition) is 3. The van der Waals surface area contributed by atoms with Crippen molar-refractivity contribution in [3.05, 3.63) is 35.4 Å². The first kappa shape index (κ1) is 12.8. The Bertz CT molecular complexity index is 348. The van der Waals surface area contributed by atoms with Gasteiger partial charge in [0.1, 0.15) is 0 Å². The van der Waals surface area contributed by atoms with E-state index in [1.807, 2.05) is 6.07 Å². The fourth-order valence-corrected chi connectivity index (χ4v) is 1.39. The molecule has 0 aliphatic heterocycles. The molecule has 1 atom stereocenters. The molecule has 0 bridgehead atoms. The Balaban J connectivity index is 0.00000144. The summed E-state index contributed by atoms with van der Waals surface area (Å²) >= 11 is -2.13. The predicted molar refractivity (Wildman–Crippen MR) is 43.8 cm³/mol. The van der Waals surface area contributed by atoms with Gasteiger partial charge in [-0.2, -0.15) is 5.26 Å². The molecule has 0 saturated heterocycles. The zero-order valence-corrected chi connectivity index (χ0v) is 10.0. The van der Waals surface area contributed by atoms with Crippen LogP contribution in [0, 0.1) is 11.3 Å². The average molecular weight is 203 g/mol. The minimum atomic E-state index is -2.13. The van der Waals surface area contributed by atoms with Crippen molar-refractivity contribution in [1.29, 1.82) is 5.26 Å². The molecule has 0 spiro atoms. The summed E-state index contributed by atoms with van der Waals surface area (Å²) in [5.74, 6) is -0.0935. The Kier molecular flexibility index (Phi) is 6.21. The van der Waals surface area contributed by atoms with Crippen molar-refractivity contribution in [2.75, 3.05) is 0 Å². The van der Waals surface area contributed by atoms with Gasteiger partial charge in [0.25, 0.3) is 0 Å². The van der Waals surface area contributed by atoms with Crippen LogP contribution in [0.4, 0.5) is 0 Å². The van der Waals surface area contributed by atoms with Gasteiger partial charge >= 0.3 is 29.6 Å². The van der Waals surface area contributed by atoms with Crippen molar-refractivity contribution in [1.82, 2.24) is 0 Å². The van der Waals surface area contributed by atoms with Gasteiger partial charge in [-0.3, -0.25) is 4.21 Å². The van der Waals surface area contributed by atoms with E-state index in [1.165, 1.54) is 0 Å². The molecule has 0 fully saturated rings. The van der Waals surface area contributed by atoms with Gasteiger partial charge < -0.3 is 4.55 Å². The Labute approximate surface area is 101 Å². The first-order valence-electron chi connectivity index (χ1n) is 3.28. The van der Waals surface area contributed by atoms with E-state index >= 15 is 0 Å². The maximum atomic E-state index is 10.3. The number of nitriles is 1. The van der Waals surface area contributed by atoms with E-state index in [0.717, 1.165) is 0 Å². The quantitative estimate of drug-likeness (QED) is 0.410. The van der Waals surface area contributed by atoms with E-state index in [2.05, 4.69) is 0 Å². The van der Waals surface area contributed by atoms with Gasteiger partial charge in [-0.1, -0.05) is 29.3 Å². The molecule has 3 nitrogen and oxygen atoms in total. The van der Waals surface area contributed by atoms with Crippen molar-refractivity contribution in [2.24, 2.45) is 0 Å². The van der Waals surface area contributed by atoms with Crippen LogP contribution in [-0.2, 0) is 16.8 Å². The summed E-state index contributed by atoms with van der Waals surface area (Å²) in [6.45, 7) is 0. The number of benzene rings is 1. The summed E-state index contributed by atoms with van der Waals surface area (Å²) in [5, 5.41) is 8.58. The number of hydrogen-bond donors (Lipinski definition) is 0. The van der Waals surface area contributed by atoms with E-state index < -0.39 is 11.1 Å². The fraction of sp³-hybridized carbons (Fsp3) is 0.125. The predicted octanol–water partition coefficient (Wildman–Crippen LogP) is -2.06. The van der Waals surface area contributed by atoms with E-state index in [9.17, 15) is 8.76 Å². The maximum Gasteiger partial charge on any atom is 1.00 e. The van der Waals surface area contributed by atoms with Gasteiger partial charge in [0, 0.05) is 5.75 Å². The summed E-state index contributed by atoms with van der Waals surface area (Å²) in [4.78, 5) is 0. The van der Waals surface area contributed by atoms with E-state index in [1.54, 1.807) is 24.3 Å². The Morgan fingerprint density at radius 1 is 1.46 bits per heavy atom. The molecule has 1 rings (SSSR count). The van der Waals surface area contributed by atoms with Crippen LogP contribution >= 0.6 is 0 Å². The summed E-state index contributed by atoms with van der Waals surface area (Å²) in [6, 6.07) is 8.58. The van der Waals surface area contributed by atoms with Crippen LogP contribution in [0.2, 0.25) is 0 Å². The molecule has 1 aromatic carbocycles. The fourth-order valence-electron chi connectivity index (χ4n) is 0.882. The van der Waals surface area contributed by atoms with Crippen LogP contribution in [0.1, 0.15) is 11.1 Å². The molecule has 0 amide bonds. The summed E-state index contributed by atoms with van der Waals surface area (Å²) in [6.07, 6.45) is 0. The van der Waals surface area contributed by atoms with Crippen LogP contribution < -0.4 is 29.6 Å². The third-order valence-corrected chi connectivity index (χ3v) is 1.96. The Hall–Kier alpha value is -0.180. The Morgan fingerprint density at radius 3 is 2.62 bits per heavy atom. The van der Waals surface area contributed by atoms with E-state index in [-0.39, 0.29) is 35.3 Å². The first-order valence-corrected chi connectivity index (χ1v) is 4.52. The zero-order valence-electron chi connectivity index (χ0n) is 7.19. The molecule has 0 saturated carbocycles. The van der Waals surface area contributed by atoms with Crippen molar-refractivity contribution in [2.45, 2.75) is 5.75 Å². The average Bonchev–Trinajstić information content (AvgIpc) is 2.04. The molecule has 0 aliphatic carbocycles. The second kappa shape index (κ2) is 6.30. The molecular weight excluding hydrogens is 197 g/mol. The normalized spacial score (nSPS) is 11.1. The molecule has 1 aromatic rings. The van der Waals surface area contributed by atoms with Crippen molar-refractivity contribution < 1.29 is 38.3 Å². The first-order chi connectivity index (χ1) is 5.74. The molecule has 1 unspecified atom stereocenters. The van der Waals surface area contributed by atoms with Crippen LogP contribution in [0.15, 0.2) is 24.3 Å². The second-order valence-electron chi connectivity index (χ2n) is 2.22. The monoisotopic (exact) mass is 203 g/mol. The van der Waals surface area contributed by atoms with Crippen molar-refractivity contribution >= 4 is 11.1 Å². The molecule has 0 aliphatic rings. The third kappa shape index (κ3) is 4.03. The molecule has 13 heavy (non-hydrogen) atoms. The van der Waals surface area contributed by atoms with Crippen LogP contribution in [-0.4, -0.2) is 8.76 Å². The van der Waals surface area contributed by atoms with E-state index in [4.69, 9.17) is 5.26 Å². The number of rotatable bonds is 2. The van der Waals surface area contributed by atoms with Gasteiger partial charge in [-0.05, 0) is 11.6 Å². The van der Waals surface area contributed by atoms with Crippen molar-refractivity contribution in [3.63, 3.8) is 0 Å². The van der Waals surface area contributed by atoms with Gasteiger partial charge in [0.2, 0.25) is 0 Å². The summed E-state index contributed by atoms with van der Waals surface area (Å²) in [7, 11) is 0. The smallest absolute Gasteiger partial charge is 0.772 e. The summed E-state index contributed by atoms with van der Waals surface area (Å²) in [5.41, 5.74) is 0.968. The second-order valence-corrected chi connectivity index (χ2v) is 3.11. The van der Waals surface area contributed by atoms with Crippen LogP contribution in [0.5, 0.6) is 0 Å². The SMILES string of the molecule is N#Cc1ccccc1CS(=O)[O-].[Na+]. The maximum absolute atomic E-state index is 10.3. The minimum absolute atomic E-state index is 0. The third-order valence-electron chi connectivity index (χ3n) is 1.41. The van der Waals surface area contributed by atoms with Gasteiger partial charge in [-0.15, -0.1) is 0 Å². The van der Waals surface area contributed by atoms with Crippen LogP contribution in [0.25, 0.3) is 0 Å². The van der Waals surface area contributed by atoms with E-state index in [0.29, 0.717) is 11.1 Å².